The van der Waals surface area contributed by atoms with Crippen LogP contribution in [0.15, 0.2) is 59.9 Å². The van der Waals surface area contributed by atoms with E-state index >= 15 is 0 Å². The molecule has 26 heavy (non-hydrogen) atoms. The number of hydrogen-bond acceptors (Lipinski definition) is 3. The molecule has 1 atom stereocenters. The molecule has 1 aliphatic carbocycles. The first-order chi connectivity index (χ1) is 12.6. The number of nitrogens with zero attached hydrogens (tertiary/aromatic N) is 1. The molecule has 2 aliphatic rings. The van der Waals surface area contributed by atoms with Gasteiger partial charge in [0.15, 0.2) is 5.78 Å². The number of rotatable bonds is 3. The number of ketones is 1. The quantitative estimate of drug-likeness (QED) is 0.903. The fourth-order valence-electron chi connectivity index (χ4n) is 3.89. The molecule has 0 spiro atoms. The van der Waals surface area contributed by atoms with Gasteiger partial charge in [0.2, 0.25) is 0 Å². The third-order valence-electron chi connectivity index (χ3n) is 5.23. The van der Waals surface area contributed by atoms with Crippen molar-refractivity contribution in [2.75, 3.05) is 0 Å². The van der Waals surface area contributed by atoms with E-state index in [-0.39, 0.29) is 17.4 Å². The van der Waals surface area contributed by atoms with Crippen LogP contribution in [0.1, 0.15) is 52.4 Å². The van der Waals surface area contributed by atoms with Crippen LogP contribution in [0, 0.1) is 6.92 Å². The number of aryl methyl sites for hydroxylation is 1. The van der Waals surface area contributed by atoms with E-state index in [1.807, 2.05) is 49.4 Å². The first-order valence-electron chi connectivity index (χ1n) is 8.97. The lowest BCUT2D eigenvalue weighted by atomic mass is 9.87. The van der Waals surface area contributed by atoms with Gasteiger partial charge in [0.05, 0.1) is 11.6 Å². The highest BCUT2D eigenvalue weighted by Crippen LogP contribution is 2.42. The minimum atomic E-state index is -0.507. The molecule has 1 amide bonds. The fourth-order valence-corrected chi connectivity index (χ4v) is 3.89. The zero-order valence-electron chi connectivity index (χ0n) is 14.7. The maximum atomic E-state index is 13.0. The van der Waals surface area contributed by atoms with E-state index in [1.54, 1.807) is 11.0 Å². The monoisotopic (exact) mass is 347 g/mol. The predicted octanol–water partition coefficient (Wildman–Crippen LogP) is 4.26. The smallest absolute Gasteiger partial charge is 0.255 e. The summed E-state index contributed by atoms with van der Waals surface area (Å²) >= 11 is 0. The summed E-state index contributed by atoms with van der Waals surface area (Å²) in [4.78, 5) is 27.4. The van der Waals surface area contributed by atoms with Crippen molar-refractivity contribution in [1.29, 1.82) is 0 Å². The van der Waals surface area contributed by atoms with Gasteiger partial charge in [-0.1, -0.05) is 48.0 Å². The van der Waals surface area contributed by atoms with E-state index in [4.69, 9.17) is 0 Å². The zero-order valence-corrected chi connectivity index (χ0v) is 14.7. The molecule has 4 nitrogen and oxygen atoms in total. The Balaban J connectivity index is 1.80. The summed E-state index contributed by atoms with van der Waals surface area (Å²) in [6.07, 6.45) is 1.57. The molecule has 1 aliphatic heterocycles. The lowest BCUT2D eigenvalue weighted by Crippen LogP contribution is -2.32. The molecule has 0 fully saturated rings. The number of aliphatic hydroxyl groups excluding tert-OH is 1. The maximum Gasteiger partial charge on any atom is 0.255 e. The van der Waals surface area contributed by atoms with Crippen LogP contribution in [0.3, 0.4) is 0 Å². The standard InChI is InChI=1S/C22H21NO3/c1-14-9-11-15(12-10-14)13-23-21(20-18(24)7-4-8-19(20)25)16-5-2-3-6-17(16)22(23)26/h2-3,5-6,9-12,21,24H,4,7-8,13H2,1H3. The van der Waals surface area contributed by atoms with Crippen LogP contribution in [0.25, 0.3) is 0 Å². The SMILES string of the molecule is Cc1ccc(CN2C(=O)c3ccccc3C2C2=C(O)CCCC2=O)cc1. The Morgan fingerprint density at radius 3 is 2.50 bits per heavy atom. The van der Waals surface area contributed by atoms with Crippen molar-refractivity contribution in [3.05, 3.63) is 82.1 Å². The number of aliphatic hydroxyl groups is 1. The van der Waals surface area contributed by atoms with E-state index in [2.05, 4.69) is 0 Å². The Hall–Kier alpha value is -2.88. The largest absolute Gasteiger partial charge is 0.512 e. The zero-order chi connectivity index (χ0) is 18.3. The van der Waals surface area contributed by atoms with Gasteiger partial charge in [-0.2, -0.15) is 0 Å². The normalized spacial score (nSPS) is 19.9. The third kappa shape index (κ3) is 2.71. The van der Waals surface area contributed by atoms with Gasteiger partial charge in [0, 0.05) is 24.9 Å². The molecule has 2 aromatic rings. The van der Waals surface area contributed by atoms with Crippen molar-refractivity contribution in [2.24, 2.45) is 0 Å². The second kappa shape index (κ2) is 6.45. The third-order valence-corrected chi connectivity index (χ3v) is 5.23. The molecule has 4 heteroatoms. The van der Waals surface area contributed by atoms with Gasteiger partial charge < -0.3 is 10.0 Å². The molecule has 0 radical (unpaired) electrons. The van der Waals surface area contributed by atoms with Crippen LogP contribution in [0.5, 0.6) is 0 Å². The van der Waals surface area contributed by atoms with Crippen molar-refractivity contribution in [3.8, 4) is 0 Å². The topological polar surface area (TPSA) is 57.6 Å². The highest BCUT2D eigenvalue weighted by atomic mass is 16.3. The van der Waals surface area contributed by atoms with E-state index < -0.39 is 6.04 Å². The summed E-state index contributed by atoms with van der Waals surface area (Å²) in [7, 11) is 0. The Morgan fingerprint density at radius 2 is 1.77 bits per heavy atom. The molecule has 0 bridgehead atoms. The van der Waals surface area contributed by atoms with Gasteiger partial charge in [0.25, 0.3) is 5.91 Å². The van der Waals surface area contributed by atoms with Gasteiger partial charge in [-0.05, 0) is 30.5 Å². The summed E-state index contributed by atoms with van der Waals surface area (Å²) < 4.78 is 0. The molecular formula is C22H21NO3. The molecular weight excluding hydrogens is 326 g/mol. The summed E-state index contributed by atoms with van der Waals surface area (Å²) in [5, 5.41) is 10.5. The van der Waals surface area contributed by atoms with Gasteiger partial charge in [-0.25, -0.2) is 0 Å². The summed E-state index contributed by atoms with van der Waals surface area (Å²) in [5.74, 6) is -0.0216. The van der Waals surface area contributed by atoms with E-state index in [0.29, 0.717) is 36.9 Å². The molecule has 0 saturated carbocycles. The van der Waals surface area contributed by atoms with Crippen LogP contribution >= 0.6 is 0 Å². The lowest BCUT2D eigenvalue weighted by molar-refractivity contribution is -0.117. The Labute approximate surface area is 152 Å². The van der Waals surface area contributed by atoms with Crippen molar-refractivity contribution < 1.29 is 14.7 Å². The van der Waals surface area contributed by atoms with E-state index in [0.717, 1.165) is 16.7 Å². The first kappa shape index (κ1) is 16.6. The number of carbonyl (C=O) groups is 2. The predicted molar refractivity (Wildman–Crippen MR) is 98.7 cm³/mol. The molecule has 2 aromatic carbocycles. The summed E-state index contributed by atoms with van der Waals surface area (Å²) in [5.41, 5.74) is 3.97. The Bertz CT molecular complexity index is 911. The minimum absolute atomic E-state index is 0.0582. The maximum absolute atomic E-state index is 13.0. The average molecular weight is 347 g/mol. The number of allylic oxidation sites excluding steroid dienone is 1. The molecule has 4 rings (SSSR count). The number of amides is 1. The Morgan fingerprint density at radius 1 is 1.04 bits per heavy atom. The van der Waals surface area contributed by atoms with Gasteiger partial charge >= 0.3 is 0 Å². The average Bonchev–Trinajstić information content (AvgIpc) is 2.90. The molecule has 0 aromatic heterocycles. The highest BCUT2D eigenvalue weighted by Gasteiger charge is 2.42. The molecule has 0 saturated heterocycles. The number of benzene rings is 2. The second-order valence-corrected chi connectivity index (χ2v) is 7.05. The molecule has 1 unspecified atom stereocenters. The molecule has 1 N–H and O–H groups in total. The lowest BCUT2D eigenvalue weighted by Gasteiger charge is -2.29. The first-order valence-corrected chi connectivity index (χ1v) is 8.97. The number of hydrogen-bond donors (Lipinski definition) is 1. The van der Waals surface area contributed by atoms with Crippen molar-refractivity contribution >= 4 is 11.7 Å². The van der Waals surface area contributed by atoms with Crippen LogP contribution in [0.2, 0.25) is 0 Å². The fraction of sp³-hybridized carbons (Fsp3) is 0.273. The number of Topliss-reactive ketones (excluding diaryl/α,β-unsaturated/α-hetero) is 1. The van der Waals surface area contributed by atoms with Gasteiger partial charge in [-0.15, -0.1) is 0 Å². The summed E-state index contributed by atoms with van der Waals surface area (Å²) in [6, 6.07) is 14.9. The number of fused-ring (bicyclic) bond motifs is 1. The van der Waals surface area contributed by atoms with Crippen LogP contribution in [0.4, 0.5) is 0 Å². The van der Waals surface area contributed by atoms with E-state index in [9.17, 15) is 14.7 Å². The highest BCUT2D eigenvalue weighted by molar-refractivity contribution is 6.04. The van der Waals surface area contributed by atoms with Crippen molar-refractivity contribution in [3.63, 3.8) is 0 Å². The van der Waals surface area contributed by atoms with Crippen LogP contribution < -0.4 is 0 Å². The van der Waals surface area contributed by atoms with Gasteiger partial charge in [0.1, 0.15) is 5.76 Å². The van der Waals surface area contributed by atoms with Crippen LogP contribution in [-0.2, 0) is 11.3 Å². The van der Waals surface area contributed by atoms with Crippen molar-refractivity contribution in [2.45, 2.75) is 38.8 Å². The molecule has 132 valence electrons. The van der Waals surface area contributed by atoms with E-state index in [1.165, 1.54) is 0 Å². The summed E-state index contributed by atoms with van der Waals surface area (Å²) in [6.45, 7) is 2.43. The number of carbonyl (C=O) groups excluding carboxylic acids is 2. The van der Waals surface area contributed by atoms with Gasteiger partial charge in [-0.3, -0.25) is 9.59 Å². The van der Waals surface area contributed by atoms with Crippen LogP contribution in [-0.4, -0.2) is 21.7 Å². The minimum Gasteiger partial charge on any atom is -0.512 e. The second-order valence-electron chi connectivity index (χ2n) is 7.05. The molecule has 1 heterocycles. The Kier molecular flexibility index (Phi) is 4.11. The van der Waals surface area contributed by atoms with Crippen molar-refractivity contribution in [1.82, 2.24) is 4.90 Å².